The number of aromatic nitrogens is 1. The number of hydrogen-bond donors (Lipinski definition) is 2. The zero-order chi connectivity index (χ0) is 14.7. The Hall–Kier alpha value is -1.36. The second-order valence-electron chi connectivity index (χ2n) is 6.51. The normalized spacial score (nSPS) is 25.8. The van der Waals surface area contributed by atoms with Crippen LogP contribution in [0.25, 0.3) is 0 Å². The van der Waals surface area contributed by atoms with Gasteiger partial charge in [0.1, 0.15) is 5.76 Å². The van der Waals surface area contributed by atoms with E-state index in [0.717, 1.165) is 50.3 Å². The number of carbonyl (C=O) groups is 1. The van der Waals surface area contributed by atoms with Gasteiger partial charge in [0.2, 0.25) is 0 Å². The van der Waals surface area contributed by atoms with Gasteiger partial charge in [-0.05, 0) is 63.8 Å². The minimum atomic E-state index is -0.0870. The maximum atomic E-state index is 12.2. The van der Waals surface area contributed by atoms with Crippen LogP contribution in [-0.2, 0) is 0 Å². The van der Waals surface area contributed by atoms with Crippen molar-refractivity contribution in [1.82, 2.24) is 10.5 Å². The molecule has 0 aromatic carbocycles. The van der Waals surface area contributed by atoms with E-state index in [-0.39, 0.29) is 11.9 Å². The Balaban J connectivity index is 1.44. The summed E-state index contributed by atoms with van der Waals surface area (Å²) >= 11 is 0. The van der Waals surface area contributed by atoms with Crippen LogP contribution in [0.2, 0.25) is 0 Å². The molecule has 0 atom stereocenters. The summed E-state index contributed by atoms with van der Waals surface area (Å²) in [5, 5.41) is 7.00. The molecule has 5 heteroatoms. The van der Waals surface area contributed by atoms with E-state index in [1.54, 1.807) is 6.07 Å². The Morgan fingerprint density at radius 3 is 2.71 bits per heavy atom. The first-order valence-corrected chi connectivity index (χ1v) is 8.24. The molecule has 1 aromatic heterocycles. The molecule has 0 radical (unpaired) electrons. The number of nitrogens with zero attached hydrogens (tertiary/aromatic N) is 1. The molecule has 1 amide bonds. The molecule has 0 aliphatic heterocycles. The van der Waals surface area contributed by atoms with Gasteiger partial charge in [0.05, 0.1) is 0 Å². The van der Waals surface area contributed by atoms with Gasteiger partial charge in [-0.25, -0.2) is 0 Å². The lowest BCUT2D eigenvalue weighted by Crippen LogP contribution is -2.37. The van der Waals surface area contributed by atoms with Crippen molar-refractivity contribution in [2.75, 3.05) is 6.54 Å². The standard InChI is InChI=1S/C16H25N3O2/c17-9-1-2-11-3-7-13(8-4-11)18-16(20)14-10-15(21-19-14)12-5-6-12/h10-13H,1-9,17H2,(H,18,20). The lowest BCUT2D eigenvalue weighted by Gasteiger charge is -2.28. The smallest absolute Gasteiger partial charge is 0.273 e. The first-order valence-electron chi connectivity index (χ1n) is 8.24. The average Bonchev–Trinajstić information content (AvgIpc) is 3.23. The van der Waals surface area contributed by atoms with Gasteiger partial charge in [0.25, 0.3) is 5.91 Å². The van der Waals surface area contributed by atoms with E-state index in [1.165, 1.54) is 19.3 Å². The monoisotopic (exact) mass is 291 g/mol. The van der Waals surface area contributed by atoms with Gasteiger partial charge >= 0.3 is 0 Å². The van der Waals surface area contributed by atoms with E-state index in [2.05, 4.69) is 10.5 Å². The van der Waals surface area contributed by atoms with E-state index in [1.807, 2.05) is 0 Å². The third kappa shape index (κ3) is 3.84. The molecule has 3 N–H and O–H groups in total. The summed E-state index contributed by atoms with van der Waals surface area (Å²) in [6.45, 7) is 0.784. The molecule has 0 saturated heterocycles. The van der Waals surface area contributed by atoms with Crippen LogP contribution in [0, 0.1) is 5.92 Å². The van der Waals surface area contributed by atoms with Crippen LogP contribution < -0.4 is 11.1 Å². The topological polar surface area (TPSA) is 81.1 Å². The van der Waals surface area contributed by atoms with Crippen LogP contribution in [0.4, 0.5) is 0 Å². The van der Waals surface area contributed by atoms with Gasteiger partial charge in [-0.2, -0.15) is 0 Å². The molecule has 21 heavy (non-hydrogen) atoms. The van der Waals surface area contributed by atoms with Gasteiger partial charge in [-0.1, -0.05) is 5.16 Å². The number of rotatable bonds is 6. The molecule has 0 spiro atoms. The predicted octanol–water partition coefficient (Wildman–Crippen LogP) is 2.58. The largest absolute Gasteiger partial charge is 0.360 e. The summed E-state index contributed by atoms with van der Waals surface area (Å²) in [4.78, 5) is 12.2. The number of nitrogens with one attached hydrogen (secondary N) is 1. The lowest BCUT2D eigenvalue weighted by molar-refractivity contribution is 0.0912. The zero-order valence-electron chi connectivity index (χ0n) is 12.5. The van der Waals surface area contributed by atoms with E-state index in [0.29, 0.717) is 11.6 Å². The summed E-state index contributed by atoms with van der Waals surface area (Å²) in [5.41, 5.74) is 5.99. The average molecular weight is 291 g/mol. The van der Waals surface area contributed by atoms with E-state index >= 15 is 0 Å². The zero-order valence-corrected chi connectivity index (χ0v) is 12.5. The molecule has 2 aliphatic rings. The maximum absolute atomic E-state index is 12.2. The molecule has 2 fully saturated rings. The summed E-state index contributed by atoms with van der Waals surface area (Å²) in [5.74, 6) is 2.06. The lowest BCUT2D eigenvalue weighted by atomic mass is 9.83. The first-order chi connectivity index (χ1) is 10.3. The SMILES string of the molecule is NCCCC1CCC(NC(=O)c2cc(C3CC3)on2)CC1. The van der Waals surface area contributed by atoms with E-state index in [4.69, 9.17) is 10.3 Å². The fourth-order valence-corrected chi connectivity index (χ4v) is 3.22. The second-order valence-corrected chi connectivity index (χ2v) is 6.51. The van der Waals surface area contributed by atoms with Crippen molar-refractivity contribution in [2.45, 2.75) is 63.3 Å². The molecule has 1 aromatic rings. The molecular weight excluding hydrogens is 266 g/mol. The van der Waals surface area contributed by atoms with Crippen LogP contribution >= 0.6 is 0 Å². The van der Waals surface area contributed by atoms with Crippen molar-refractivity contribution in [3.63, 3.8) is 0 Å². The molecule has 1 heterocycles. The minimum absolute atomic E-state index is 0.0870. The van der Waals surface area contributed by atoms with Gasteiger partial charge < -0.3 is 15.6 Å². The Morgan fingerprint density at radius 2 is 2.05 bits per heavy atom. The highest BCUT2D eigenvalue weighted by atomic mass is 16.5. The number of nitrogens with two attached hydrogens (primary N) is 1. The number of carbonyl (C=O) groups excluding carboxylic acids is 1. The van der Waals surface area contributed by atoms with Gasteiger partial charge in [0.15, 0.2) is 5.69 Å². The van der Waals surface area contributed by atoms with Crippen molar-refractivity contribution in [2.24, 2.45) is 11.7 Å². The highest BCUT2D eigenvalue weighted by molar-refractivity contribution is 5.92. The van der Waals surface area contributed by atoms with Crippen molar-refractivity contribution in [3.8, 4) is 0 Å². The van der Waals surface area contributed by atoms with Crippen molar-refractivity contribution in [3.05, 3.63) is 17.5 Å². The first kappa shape index (κ1) is 14.6. The Bertz CT molecular complexity index is 474. The van der Waals surface area contributed by atoms with Crippen molar-refractivity contribution >= 4 is 5.91 Å². The highest BCUT2D eigenvalue weighted by Gasteiger charge is 2.29. The summed E-state index contributed by atoms with van der Waals surface area (Å²) < 4.78 is 5.24. The molecule has 116 valence electrons. The van der Waals surface area contributed by atoms with Crippen LogP contribution in [0.15, 0.2) is 10.6 Å². The third-order valence-electron chi connectivity index (χ3n) is 4.74. The maximum Gasteiger partial charge on any atom is 0.273 e. The molecule has 0 unspecified atom stereocenters. The molecule has 2 saturated carbocycles. The van der Waals surface area contributed by atoms with Gasteiger partial charge in [-0.3, -0.25) is 4.79 Å². The minimum Gasteiger partial charge on any atom is -0.360 e. The second kappa shape index (κ2) is 6.60. The Morgan fingerprint density at radius 1 is 1.29 bits per heavy atom. The number of amides is 1. The predicted molar refractivity (Wildman–Crippen MR) is 80.0 cm³/mol. The van der Waals surface area contributed by atoms with Crippen LogP contribution in [0.3, 0.4) is 0 Å². The number of hydrogen-bond acceptors (Lipinski definition) is 4. The highest BCUT2D eigenvalue weighted by Crippen LogP contribution is 2.40. The Labute approximate surface area is 125 Å². The third-order valence-corrected chi connectivity index (χ3v) is 4.74. The molecule has 0 bridgehead atoms. The van der Waals surface area contributed by atoms with Gasteiger partial charge in [-0.15, -0.1) is 0 Å². The fourth-order valence-electron chi connectivity index (χ4n) is 3.22. The Kier molecular flexibility index (Phi) is 4.58. The summed E-state index contributed by atoms with van der Waals surface area (Å²) in [7, 11) is 0. The molecular formula is C16H25N3O2. The van der Waals surface area contributed by atoms with Crippen LogP contribution in [0.1, 0.15) is 73.5 Å². The van der Waals surface area contributed by atoms with Crippen LogP contribution in [0.5, 0.6) is 0 Å². The summed E-state index contributed by atoms with van der Waals surface area (Å²) in [6, 6.07) is 2.09. The van der Waals surface area contributed by atoms with Gasteiger partial charge in [0, 0.05) is 18.0 Å². The van der Waals surface area contributed by atoms with Crippen molar-refractivity contribution in [1.29, 1.82) is 0 Å². The van der Waals surface area contributed by atoms with Crippen LogP contribution in [-0.4, -0.2) is 23.7 Å². The van der Waals surface area contributed by atoms with E-state index < -0.39 is 0 Å². The van der Waals surface area contributed by atoms with Crippen molar-refractivity contribution < 1.29 is 9.32 Å². The summed E-state index contributed by atoms with van der Waals surface area (Å²) in [6.07, 6.45) is 9.17. The fraction of sp³-hybridized carbons (Fsp3) is 0.750. The molecule has 5 nitrogen and oxygen atoms in total. The quantitative estimate of drug-likeness (QED) is 0.844. The molecule has 2 aliphatic carbocycles. The molecule has 3 rings (SSSR count). The van der Waals surface area contributed by atoms with E-state index in [9.17, 15) is 4.79 Å².